The van der Waals surface area contributed by atoms with Crippen molar-refractivity contribution in [2.24, 2.45) is 0 Å². The van der Waals surface area contributed by atoms with Crippen LogP contribution >= 0.6 is 0 Å². The molecule has 0 saturated carbocycles. The van der Waals surface area contributed by atoms with E-state index in [1.54, 1.807) is 29.2 Å². The fraction of sp³-hybridized carbons (Fsp3) is 0.312. The van der Waals surface area contributed by atoms with Gasteiger partial charge in [-0.1, -0.05) is 30.3 Å². The van der Waals surface area contributed by atoms with Crippen molar-refractivity contribution in [3.05, 3.63) is 84.1 Å². The van der Waals surface area contributed by atoms with Crippen LogP contribution in [-0.4, -0.2) is 48.9 Å². The predicted molar refractivity (Wildman–Crippen MR) is 164 cm³/mol. The van der Waals surface area contributed by atoms with E-state index in [0.29, 0.717) is 30.2 Å². The lowest BCUT2D eigenvalue weighted by molar-refractivity contribution is 0.0567. The van der Waals surface area contributed by atoms with Crippen molar-refractivity contribution in [1.82, 2.24) is 4.98 Å². The third-order valence-corrected chi connectivity index (χ3v) is 7.11. The molecular weight excluding hydrogens is 518 g/mol. The Bertz CT molecular complexity index is 1550. The van der Waals surface area contributed by atoms with Gasteiger partial charge in [-0.15, -0.1) is 0 Å². The second-order valence-electron chi connectivity index (χ2n) is 11.2. The summed E-state index contributed by atoms with van der Waals surface area (Å²) in [5.74, 6) is -0.260. The zero-order chi connectivity index (χ0) is 29.1. The molecule has 1 fully saturated rings. The van der Waals surface area contributed by atoms with Gasteiger partial charge in [0.2, 0.25) is 0 Å². The first kappa shape index (κ1) is 28.0. The number of amides is 2. The van der Waals surface area contributed by atoms with E-state index in [1.807, 2.05) is 76.4 Å². The van der Waals surface area contributed by atoms with Crippen LogP contribution in [0.5, 0.6) is 0 Å². The smallest absolute Gasteiger partial charge is 0.415 e. The van der Waals surface area contributed by atoms with E-state index in [1.165, 1.54) is 0 Å². The molecule has 2 amide bonds. The first-order valence-electron chi connectivity index (χ1n) is 13.8. The summed E-state index contributed by atoms with van der Waals surface area (Å²) < 4.78 is 11.5. The molecule has 4 N–H and O–H groups in total. The average molecular weight is 556 g/mol. The number of nitrogens with one attached hydrogen (secondary N) is 2. The number of morpholine rings is 1. The number of H-pyrrole nitrogens is 1. The SMILES string of the molecule is CC(c1c[nH]c2cc(C(=O)Nc3ccccc3N)ccc12)N(C(=O)OC(C)(C)C)c1ccccc1N1CCOCC1. The molecule has 0 spiro atoms. The second-order valence-corrected chi connectivity index (χ2v) is 11.2. The summed E-state index contributed by atoms with van der Waals surface area (Å²) in [6.07, 6.45) is 1.46. The molecular formula is C32H37N5O4. The predicted octanol–water partition coefficient (Wildman–Crippen LogP) is 6.34. The highest BCUT2D eigenvalue weighted by molar-refractivity contribution is 6.07. The first-order chi connectivity index (χ1) is 19.6. The van der Waals surface area contributed by atoms with Gasteiger partial charge >= 0.3 is 6.09 Å². The summed E-state index contributed by atoms with van der Waals surface area (Å²) in [6, 6.07) is 20.1. The van der Waals surface area contributed by atoms with Gasteiger partial charge in [0.1, 0.15) is 5.60 Å². The quantitative estimate of drug-likeness (QED) is 0.239. The zero-order valence-corrected chi connectivity index (χ0v) is 23.9. The van der Waals surface area contributed by atoms with E-state index >= 15 is 0 Å². The first-order valence-corrected chi connectivity index (χ1v) is 13.8. The molecule has 0 bridgehead atoms. The number of fused-ring (bicyclic) bond motifs is 1. The van der Waals surface area contributed by atoms with E-state index in [-0.39, 0.29) is 11.9 Å². The number of aromatic nitrogens is 1. The summed E-state index contributed by atoms with van der Waals surface area (Å²) in [6.45, 7) is 10.3. The molecule has 1 aliphatic rings. The Morgan fingerprint density at radius 2 is 1.76 bits per heavy atom. The third-order valence-electron chi connectivity index (χ3n) is 7.11. The van der Waals surface area contributed by atoms with E-state index in [9.17, 15) is 9.59 Å². The van der Waals surface area contributed by atoms with Gasteiger partial charge in [0.05, 0.1) is 42.0 Å². The fourth-order valence-electron chi connectivity index (χ4n) is 5.10. The summed E-state index contributed by atoms with van der Waals surface area (Å²) in [4.78, 5) is 34.0. The zero-order valence-electron chi connectivity index (χ0n) is 23.9. The lowest BCUT2D eigenvalue weighted by Gasteiger charge is -2.36. The van der Waals surface area contributed by atoms with Crippen molar-refractivity contribution in [1.29, 1.82) is 0 Å². The van der Waals surface area contributed by atoms with Gasteiger partial charge in [-0.2, -0.15) is 0 Å². The molecule has 4 aromatic rings. The van der Waals surface area contributed by atoms with Gasteiger partial charge in [-0.3, -0.25) is 9.69 Å². The van der Waals surface area contributed by atoms with Gasteiger partial charge in [-0.25, -0.2) is 4.79 Å². The maximum absolute atomic E-state index is 13.8. The number of rotatable bonds is 6. The lowest BCUT2D eigenvalue weighted by atomic mass is 10.0. The van der Waals surface area contributed by atoms with Crippen LogP contribution < -0.4 is 20.9 Å². The highest BCUT2D eigenvalue weighted by atomic mass is 16.6. The number of carbonyl (C=O) groups is 2. The molecule has 1 aliphatic heterocycles. The Morgan fingerprint density at radius 3 is 2.49 bits per heavy atom. The van der Waals surface area contributed by atoms with Crippen molar-refractivity contribution in [2.45, 2.75) is 39.3 Å². The van der Waals surface area contributed by atoms with E-state index in [4.69, 9.17) is 15.2 Å². The maximum Gasteiger partial charge on any atom is 0.415 e. The Balaban J connectivity index is 1.50. The number of hydrogen-bond donors (Lipinski definition) is 3. The molecule has 0 radical (unpaired) electrons. The number of nitrogens with zero attached hydrogens (tertiary/aromatic N) is 2. The number of benzene rings is 3. The largest absolute Gasteiger partial charge is 0.443 e. The molecule has 1 atom stereocenters. The minimum atomic E-state index is -0.673. The molecule has 3 aromatic carbocycles. The minimum Gasteiger partial charge on any atom is -0.443 e. The summed E-state index contributed by atoms with van der Waals surface area (Å²) in [5, 5.41) is 3.78. The Labute approximate surface area is 240 Å². The third kappa shape index (κ3) is 6.15. The van der Waals surface area contributed by atoms with Crippen molar-refractivity contribution in [2.75, 3.05) is 47.2 Å². The van der Waals surface area contributed by atoms with Crippen molar-refractivity contribution < 1.29 is 19.1 Å². The molecule has 1 aromatic heterocycles. The van der Waals surface area contributed by atoms with Gasteiger partial charge in [-0.05, 0) is 64.1 Å². The van der Waals surface area contributed by atoms with E-state index < -0.39 is 11.7 Å². The number of nitrogen functional groups attached to an aromatic ring is 1. The molecule has 2 heterocycles. The molecule has 1 unspecified atom stereocenters. The number of nitrogens with two attached hydrogens (primary N) is 1. The van der Waals surface area contributed by atoms with Crippen LogP contribution in [-0.2, 0) is 9.47 Å². The van der Waals surface area contributed by atoms with Crippen LogP contribution in [0.1, 0.15) is 49.7 Å². The Hall–Kier alpha value is -4.50. The van der Waals surface area contributed by atoms with Gasteiger partial charge in [0.15, 0.2) is 0 Å². The van der Waals surface area contributed by atoms with Crippen LogP contribution in [0.4, 0.5) is 27.5 Å². The normalized spacial score (nSPS) is 14.5. The summed E-state index contributed by atoms with van der Waals surface area (Å²) >= 11 is 0. The van der Waals surface area contributed by atoms with Crippen LogP contribution in [0.15, 0.2) is 72.9 Å². The fourth-order valence-corrected chi connectivity index (χ4v) is 5.10. The Morgan fingerprint density at radius 1 is 1.05 bits per heavy atom. The number of carbonyl (C=O) groups excluding carboxylic acids is 2. The lowest BCUT2D eigenvalue weighted by Crippen LogP contribution is -2.41. The summed E-state index contributed by atoms with van der Waals surface area (Å²) in [5.41, 5.74) is 10.3. The molecule has 1 saturated heterocycles. The number of hydrogen-bond acceptors (Lipinski definition) is 6. The number of anilines is 4. The number of ether oxygens (including phenoxy) is 2. The highest BCUT2D eigenvalue weighted by Crippen LogP contribution is 2.38. The molecule has 5 rings (SSSR count). The van der Waals surface area contributed by atoms with Gasteiger partial charge < -0.3 is 30.4 Å². The minimum absolute atomic E-state index is 0.260. The highest BCUT2D eigenvalue weighted by Gasteiger charge is 2.32. The molecule has 9 nitrogen and oxygen atoms in total. The second kappa shape index (κ2) is 11.5. The van der Waals surface area contributed by atoms with Crippen LogP contribution in [0, 0.1) is 0 Å². The average Bonchev–Trinajstić information content (AvgIpc) is 3.37. The van der Waals surface area contributed by atoms with Gasteiger partial charge in [0, 0.05) is 41.3 Å². The molecule has 41 heavy (non-hydrogen) atoms. The van der Waals surface area contributed by atoms with Gasteiger partial charge in [0.25, 0.3) is 5.91 Å². The topological polar surface area (TPSA) is 113 Å². The van der Waals surface area contributed by atoms with Crippen molar-refractivity contribution in [3.63, 3.8) is 0 Å². The standard InChI is InChI=1S/C32H37N5O4/c1-21(24-20-34-27-19-22(13-14-23(24)27)30(38)35-26-10-6-5-9-25(26)33)37(31(39)41-32(2,3)4)29-12-8-7-11-28(29)36-15-17-40-18-16-36/h5-14,19-21,34H,15-18,33H2,1-4H3,(H,35,38). The van der Waals surface area contributed by atoms with Crippen molar-refractivity contribution >= 4 is 45.7 Å². The van der Waals surface area contributed by atoms with E-state index in [2.05, 4.69) is 15.2 Å². The Kier molecular flexibility index (Phi) is 7.90. The molecule has 9 heteroatoms. The number of aromatic amines is 1. The van der Waals surface area contributed by atoms with Crippen LogP contribution in [0.3, 0.4) is 0 Å². The van der Waals surface area contributed by atoms with Crippen molar-refractivity contribution in [3.8, 4) is 0 Å². The van der Waals surface area contributed by atoms with Crippen LogP contribution in [0.2, 0.25) is 0 Å². The maximum atomic E-state index is 13.8. The monoisotopic (exact) mass is 555 g/mol. The summed E-state index contributed by atoms with van der Waals surface area (Å²) in [7, 11) is 0. The van der Waals surface area contributed by atoms with E-state index in [0.717, 1.165) is 40.9 Å². The molecule has 214 valence electrons. The number of para-hydroxylation sites is 4. The van der Waals surface area contributed by atoms with Crippen LogP contribution in [0.25, 0.3) is 10.9 Å². The molecule has 0 aliphatic carbocycles.